The van der Waals surface area contributed by atoms with E-state index < -0.39 is 0 Å². The van der Waals surface area contributed by atoms with Gasteiger partial charge in [0.15, 0.2) is 5.16 Å². The topological polar surface area (TPSA) is 81.5 Å². The van der Waals surface area contributed by atoms with Crippen LogP contribution in [0.4, 0.5) is 11.6 Å². The van der Waals surface area contributed by atoms with Crippen molar-refractivity contribution in [2.24, 2.45) is 0 Å². The fraction of sp³-hybridized carbons (Fsp3) is 0.318. The summed E-state index contributed by atoms with van der Waals surface area (Å²) in [6.07, 6.45) is 2.23. The fourth-order valence-corrected chi connectivity index (χ4v) is 4.49. The van der Waals surface area contributed by atoms with Crippen molar-refractivity contribution < 1.29 is 14.3 Å². The van der Waals surface area contributed by atoms with Crippen LogP contribution in [-0.4, -0.2) is 53.7 Å². The number of methoxy groups -OCH3 is 2. The molecule has 0 saturated carbocycles. The molecular formula is C22H24ClN5O3S. The van der Waals surface area contributed by atoms with Crippen LogP contribution in [-0.2, 0) is 4.79 Å². The number of aromatic nitrogens is 3. The summed E-state index contributed by atoms with van der Waals surface area (Å²) in [5.41, 5.74) is 1.39. The van der Waals surface area contributed by atoms with Gasteiger partial charge in [-0.2, -0.15) is 0 Å². The third-order valence-corrected chi connectivity index (χ3v) is 6.31. The quantitative estimate of drug-likeness (QED) is 0.489. The van der Waals surface area contributed by atoms with Crippen LogP contribution in [0.3, 0.4) is 0 Å². The molecule has 1 amide bonds. The van der Waals surface area contributed by atoms with Gasteiger partial charge >= 0.3 is 0 Å². The minimum absolute atomic E-state index is 0.155. The van der Waals surface area contributed by atoms with Gasteiger partial charge in [-0.05, 0) is 25.0 Å². The van der Waals surface area contributed by atoms with Gasteiger partial charge in [0.25, 0.3) is 0 Å². The zero-order valence-corrected chi connectivity index (χ0v) is 19.4. The Morgan fingerprint density at radius 3 is 2.44 bits per heavy atom. The van der Waals surface area contributed by atoms with Gasteiger partial charge < -0.3 is 19.7 Å². The highest BCUT2D eigenvalue weighted by Crippen LogP contribution is 2.32. The second-order valence-corrected chi connectivity index (χ2v) is 8.55. The van der Waals surface area contributed by atoms with E-state index in [-0.39, 0.29) is 11.7 Å². The number of hydrogen-bond donors (Lipinski definition) is 1. The molecule has 10 heteroatoms. The Morgan fingerprint density at radius 1 is 1.09 bits per heavy atom. The van der Waals surface area contributed by atoms with E-state index in [0.29, 0.717) is 27.4 Å². The highest BCUT2D eigenvalue weighted by Gasteiger charge is 2.24. The predicted octanol–water partition coefficient (Wildman–Crippen LogP) is 4.27. The number of carbonyl (C=O) groups excluding carboxylic acids is 1. The van der Waals surface area contributed by atoms with E-state index in [0.717, 1.165) is 37.6 Å². The smallest absolute Gasteiger partial charge is 0.234 e. The summed E-state index contributed by atoms with van der Waals surface area (Å²) in [7, 11) is 3.13. The molecule has 0 bridgehead atoms. The van der Waals surface area contributed by atoms with E-state index in [9.17, 15) is 4.79 Å². The number of anilines is 2. The van der Waals surface area contributed by atoms with E-state index >= 15 is 0 Å². The number of benzene rings is 2. The minimum atomic E-state index is -0.179. The summed E-state index contributed by atoms with van der Waals surface area (Å²) < 4.78 is 12.5. The molecule has 1 fully saturated rings. The van der Waals surface area contributed by atoms with Gasteiger partial charge in [-0.25, -0.2) is 0 Å². The van der Waals surface area contributed by atoms with Gasteiger partial charge in [-0.1, -0.05) is 35.5 Å². The van der Waals surface area contributed by atoms with Crippen molar-refractivity contribution in [1.29, 1.82) is 0 Å². The van der Waals surface area contributed by atoms with Crippen molar-refractivity contribution in [2.75, 3.05) is 43.3 Å². The zero-order chi connectivity index (χ0) is 22.5. The monoisotopic (exact) mass is 473 g/mol. The van der Waals surface area contributed by atoms with Gasteiger partial charge in [0.05, 0.1) is 30.7 Å². The molecule has 168 valence electrons. The number of rotatable bonds is 8. The molecule has 32 heavy (non-hydrogen) atoms. The first-order valence-corrected chi connectivity index (χ1v) is 11.6. The fourth-order valence-electron chi connectivity index (χ4n) is 3.53. The van der Waals surface area contributed by atoms with Crippen molar-refractivity contribution >= 4 is 40.9 Å². The lowest BCUT2D eigenvalue weighted by atomic mass is 10.2. The van der Waals surface area contributed by atoms with Crippen LogP contribution in [0.1, 0.15) is 12.8 Å². The summed E-state index contributed by atoms with van der Waals surface area (Å²) in [5, 5.41) is 12.9. The third kappa shape index (κ3) is 4.94. The standard InChI is InChI=1S/C22H24ClN5O3S/c1-30-16-11-15(12-17(13-16)31-2)24-20(29)14-32-22-26-25-21(27-9-5-6-10-27)28(22)19-8-4-3-7-18(19)23/h3-4,7-8,11-13H,5-6,9-10,14H2,1-2H3,(H,24,29). The molecule has 0 unspecified atom stereocenters. The van der Waals surface area contributed by atoms with Crippen molar-refractivity contribution in [3.8, 4) is 17.2 Å². The number of ether oxygens (including phenoxy) is 2. The highest BCUT2D eigenvalue weighted by atomic mass is 35.5. The first-order chi connectivity index (χ1) is 15.6. The van der Waals surface area contributed by atoms with Crippen LogP contribution < -0.4 is 19.7 Å². The first-order valence-electron chi connectivity index (χ1n) is 10.2. The third-order valence-electron chi connectivity index (χ3n) is 5.07. The lowest BCUT2D eigenvalue weighted by Crippen LogP contribution is -2.22. The number of para-hydroxylation sites is 1. The number of amides is 1. The van der Waals surface area contributed by atoms with Crippen LogP contribution in [0.2, 0.25) is 5.02 Å². The molecule has 4 rings (SSSR count). The second-order valence-electron chi connectivity index (χ2n) is 7.20. The van der Waals surface area contributed by atoms with Crippen LogP contribution in [0.25, 0.3) is 5.69 Å². The molecule has 1 N–H and O–H groups in total. The zero-order valence-electron chi connectivity index (χ0n) is 17.9. The number of nitrogens with one attached hydrogen (secondary N) is 1. The molecule has 0 radical (unpaired) electrons. The molecular weight excluding hydrogens is 450 g/mol. The Kier molecular flexibility index (Phi) is 7.06. The van der Waals surface area contributed by atoms with Crippen LogP contribution in [0, 0.1) is 0 Å². The first kappa shape index (κ1) is 22.3. The largest absolute Gasteiger partial charge is 0.497 e. The summed E-state index contributed by atoms with van der Waals surface area (Å²) in [6, 6.07) is 12.8. The molecule has 0 atom stereocenters. The predicted molar refractivity (Wildman–Crippen MR) is 127 cm³/mol. The molecule has 1 aromatic heterocycles. The van der Waals surface area contributed by atoms with E-state index in [1.807, 2.05) is 28.8 Å². The molecule has 2 aromatic carbocycles. The summed E-state index contributed by atoms with van der Waals surface area (Å²) in [4.78, 5) is 14.9. The maximum absolute atomic E-state index is 12.7. The molecule has 2 heterocycles. The summed E-state index contributed by atoms with van der Waals surface area (Å²) in [6.45, 7) is 1.84. The molecule has 1 aliphatic rings. The maximum atomic E-state index is 12.7. The van der Waals surface area contributed by atoms with Gasteiger partial charge in [0.1, 0.15) is 11.5 Å². The van der Waals surface area contributed by atoms with E-state index in [4.69, 9.17) is 21.1 Å². The molecule has 0 spiro atoms. The SMILES string of the molecule is COc1cc(NC(=O)CSc2nnc(N3CCCC3)n2-c2ccccc2Cl)cc(OC)c1. The summed E-state index contributed by atoms with van der Waals surface area (Å²) >= 11 is 7.79. The number of nitrogens with zero attached hydrogens (tertiary/aromatic N) is 4. The Bertz CT molecular complexity index is 1080. The van der Waals surface area contributed by atoms with Crippen molar-refractivity contribution in [3.63, 3.8) is 0 Å². The van der Waals surface area contributed by atoms with Gasteiger partial charge in [0, 0.05) is 37.0 Å². The maximum Gasteiger partial charge on any atom is 0.234 e. The van der Waals surface area contributed by atoms with Crippen molar-refractivity contribution in [3.05, 3.63) is 47.5 Å². The average Bonchev–Trinajstić information content (AvgIpc) is 3.47. The normalized spacial score (nSPS) is 13.3. The summed E-state index contributed by atoms with van der Waals surface area (Å²) in [5.74, 6) is 1.92. The number of carbonyl (C=O) groups is 1. The van der Waals surface area contributed by atoms with Gasteiger partial charge in [-0.3, -0.25) is 9.36 Å². The van der Waals surface area contributed by atoms with Crippen LogP contribution in [0.5, 0.6) is 11.5 Å². The van der Waals surface area contributed by atoms with E-state index in [1.54, 1.807) is 32.4 Å². The molecule has 1 saturated heterocycles. The molecule has 0 aliphatic carbocycles. The Hall–Kier alpha value is -2.91. The lowest BCUT2D eigenvalue weighted by molar-refractivity contribution is -0.113. The van der Waals surface area contributed by atoms with E-state index in [1.165, 1.54) is 11.8 Å². The van der Waals surface area contributed by atoms with E-state index in [2.05, 4.69) is 20.4 Å². The minimum Gasteiger partial charge on any atom is -0.497 e. The van der Waals surface area contributed by atoms with Crippen LogP contribution >= 0.6 is 23.4 Å². The number of halogens is 1. The van der Waals surface area contributed by atoms with Crippen molar-refractivity contribution in [1.82, 2.24) is 14.8 Å². The second kappa shape index (κ2) is 10.1. The van der Waals surface area contributed by atoms with Gasteiger partial charge in [0.2, 0.25) is 11.9 Å². The Morgan fingerprint density at radius 2 is 1.78 bits per heavy atom. The van der Waals surface area contributed by atoms with Crippen LogP contribution in [0.15, 0.2) is 47.6 Å². The Labute approximate surface area is 195 Å². The highest BCUT2D eigenvalue weighted by molar-refractivity contribution is 7.99. The molecule has 1 aliphatic heterocycles. The average molecular weight is 474 g/mol. The Balaban J connectivity index is 1.53. The number of hydrogen-bond acceptors (Lipinski definition) is 7. The molecule has 3 aromatic rings. The van der Waals surface area contributed by atoms with Crippen molar-refractivity contribution in [2.45, 2.75) is 18.0 Å². The lowest BCUT2D eigenvalue weighted by Gasteiger charge is -2.19. The molecule has 8 nitrogen and oxygen atoms in total. The van der Waals surface area contributed by atoms with Gasteiger partial charge in [-0.15, -0.1) is 10.2 Å². The number of thioether (sulfide) groups is 1.